The van der Waals surface area contributed by atoms with Crippen molar-refractivity contribution in [2.24, 2.45) is 5.92 Å². The molecule has 2 unspecified atom stereocenters. The summed E-state index contributed by atoms with van der Waals surface area (Å²) in [5.74, 6) is 0.403. The number of nitrogens with one attached hydrogen (secondary N) is 1. The smallest absolute Gasteiger partial charge is 0.216 e. The van der Waals surface area contributed by atoms with Crippen molar-refractivity contribution in [1.29, 1.82) is 0 Å². The SMILES string of the molecule is CCCCC(CC)CNS(=O)(=O)C(C)CO. The van der Waals surface area contributed by atoms with Crippen LogP contribution >= 0.6 is 0 Å². The van der Waals surface area contributed by atoms with Gasteiger partial charge < -0.3 is 5.11 Å². The Kier molecular flexibility index (Phi) is 7.97. The summed E-state index contributed by atoms with van der Waals surface area (Å²) < 4.78 is 25.8. The lowest BCUT2D eigenvalue weighted by atomic mass is 10.00. The summed E-state index contributed by atoms with van der Waals surface area (Å²) in [5, 5.41) is 8.09. The van der Waals surface area contributed by atoms with Crippen molar-refractivity contribution in [3.8, 4) is 0 Å². The highest BCUT2D eigenvalue weighted by Crippen LogP contribution is 2.12. The summed E-state index contributed by atoms with van der Waals surface area (Å²) in [6.45, 7) is 5.87. The first kappa shape index (κ1) is 15.9. The zero-order valence-electron chi connectivity index (χ0n) is 10.6. The first-order valence-electron chi connectivity index (χ1n) is 6.07. The molecule has 0 spiro atoms. The van der Waals surface area contributed by atoms with Crippen molar-refractivity contribution in [1.82, 2.24) is 4.72 Å². The van der Waals surface area contributed by atoms with Gasteiger partial charge in [0.15, 0.2) is 0 Å². The van der Waals surface area contributed by atoms with Gasteiger partial charge in [0.1, 0.15) is 0 Å². The van der Waals surface area contributed by atoms with Gasteiger partial charge in [-0.2, -0.15) is 0 Å². The van der Waals surface area contributed by atoms with E-state index in [2.05, 4.69) is 18.6 Å². The molecule has 0 aromatic heterocycles. The Morgan fingerprint density at radius 1 is 1.31 bits per heavy atom. The minimum Gasteiger partial charge on any atom is -0.395 e. The van der Waals surface area contributed by atoms with Crippen LogP contribution in [0.15, 0.2) is 0 Å². The van der Waals surface area contributed by atoms with Crippen molar-refractivity contribution in [2.45, 2.75) is 51.7 Å². The van der Waals surface area contributed by atoms with Crippen LogP contribution in [0.5, 0.6) is 0 Å². The predicted octanol–water partition coefficient (Wildman–Crippen LogP) is 1.50. The Morgan fingerprint density at radius 3 is 2.38 bits per heavy atom. The minimum absolute atomic E-state index is 0.332. The highest BCUT2D eigenvalue weighted by Gasteiger charge is 2.20. The molecular weight excluding hydrogens is 226 g/mol. The molecule has 0 heterocycles. The van der Waals surface area contributed by atoms with Gasteiger partial charge in [0.25, 0.3) is 0 Å². The molecule has 16 heavy (non-hydrogen) atoms. The average molecular weight is 251 g/mol. The second-order valence-corrected chi connectivity index (χ2v) is 6.49. The molecule has 0 radical (unpaired) electrons. The quantitative estimate of drug-likeness (QED) is 0.652. The molecule has 0 bridgehead atoms. The maximum absolute atomic E-state index is 11.6. The molecule has 98 valence electrons. The molecule has 0 aliphatic rings. The standard InChI is InChI=1S/C11H25NO3S/c1-4-6-7-11(5-2)8-12-16(14,15)10(3)9-13/h10-13H,4-9H2,1-3H3. The Labute approximate surface area is 99.5 Å². The van der Waals surface area contributed by atoms with Crippen molar-refractivity contribution >= 4 is 10.0 Å². The number of sulfonamides is 1. The molecule has 0 rings (SSSR count). The van der Waals surface area contributed by atoms with Gasteiger partial charge in [-0.1, -0.05) is 33.1 Å². The third kappa shape index (κ3) is 5.82. The van der Waals surface area contributed by atoms with E-state index in [9.17, 15) is 8.42 Å². The molecule has 0 aliphatic carbocycles. The summed E-state index contributed by atoms with van der Waals surface area (Å²) >= 11 is 0. The minimum atomic E-state index is -3.34. The molecule has 0 amide bonds. The number of aliphatic hydroxyl groups is 1. The number of rotatable bonds is 9. The maximum atomic E-state index is 11.6. The Bertz CT molecular complexity index is 264. The largest absolute Gasteiger partial charge is 0.395 e. The fourth-order valence-corrected chi connectivity index (χ4v) is 2.37. The molecular formula is C11H25NO3S. The zero-order chi connectivity index (χ0) is 12.6. The van der Waals surface area contributed by atoms with Crippen LogP contribution in [0.3, 0.4) is 0 Å². The maximum Gasteiger partial charge on any atom is 0.216 e. The van der Waals surface area contributed by atoms with Crippen LogP contribution in [0, 0.1) is 5.92 Å². The molecule has 0 saturated heterocycles. The van der Waals surface area contributed by atoms with Gasteiger partial charge in [0.2, 0.25) is 10.0 Å². The highest BCUT2D eigenvalue weighted by atomic mass is 32.2. The van der Waals surface area contributed by atoms with E-state index in [1.54, 1.807) is 0 Å². The third-order valence-electron chi connectivity index (χ3n) is 2.90. The summed E-state index contributed by atoms with van der Waals surface area (Å²) in [6, 6.07) is 0. The summed E-state index contributed by atoms with van der Waals surface area (Å²) in [7, 11) is -3.34. The first-order valence-corrected chi connectivity index (χ1v) is 7.61. The predicted molar refractivity (Wildman–Crippen MR) is 66.8 cm³/mol. The number of unbranched alkanes of at least 4 members (excludes halogenated alkanes) is 1. The first-order chi connectivity index (χ1) is 7.47. The van der Waals surface area contributed by atoms with Crippen LogP contribution in [0.25, 0.3) is 0 Å². The van der Waals surface area contributed by atoms with Crippen LogP contribution in [0.2, 0.25) is 0 Å². The summed E-state index contributed by atoms with van der Waals surface area (Å²) in [4.78, 5) is 0. The molecule has 0 aromatic rings. The molecule has 0 aliphatic heterocycles. The fraction of sp³-hybridized carbons (Fsp3) is 1.00. The van der Waals surface area contributed by atoms with E-state index in [-0.39, 0.29) is 6.61 Å². The van der Waals surface area contributed by atoms with E-state index in [1.807, 2.05) is 0 Å². The monoisotopic (exact) mass is 251 g/mol. The highest BCUT2D eigenvalue weighted by molar-refractivity contribution is 7.90. The van der Waals surface area contributed by atoms with Crippen LogP contribution in [0.4, 0.5) is 0 Å². The normalized spacial score (nSPS) is 16.0. The molecule has 0 aromatic carbocycles. The number of hydrogen-bond acceptors (Lipinski definition) is 3. The van der Waals surface area contributed by atoms with Crippen molar-refractivity contribution in [2.75, 3.05) is 13.2 Å². The van der Waals surface area contributed by atoms with Crippen LogP contribution in [-0.2, 0) is 10.0 Å². The molecule has 0 saturated carbocycles. The van der Waals surface area contributed by atoms with Gasteiger partial charge in [-0.05, 0) is 19.3 Å². The van der Waals surface area contributed by atoms with E-state index in [0.29, 0.717) is 12.5 Å². The van der Waals surface area contributed by atoms with Crippen molar-refractivity contribution in [3.05, 3.63) is 0 Å². The molecule has 2 N–H and O–H groups in total. The second kappa shape index (κ2) is 8.03. The van der Waals surface area contributed by atoms with Gasteiger partial charge in [-0.15, -0.1) is 0 Å². The van der Waals surface area contributed by atoms with Crippen molar-refractivity contribution < 1.29 is 13.5 Å². The molecule has 2 atom stereocenters. The Morgan fingerprint density at radius 2 is 1.94 bits per heavy atom. The second-order valence-electron chi connectivity index (χ2n) is 4.30. The summed E-state index contributed by atoms with van der Waals surface area (Å²) in [6.07, 6.45) is 4.31. The van der Waals surface area contributed by atoms with E-state index in [0.717, 1.165) is 25.7 Å². The zero-order valence-corrected chi connectivity index (χ0v) is 11.4. The Balaban J connectivity index is 4.10. The average Bonchev–Trinajstić information content (AvgIpc) is 2.28. The van der Waals surface area contributed by atoms with Gasteiger partial charge in [0.05, 0.1) is 11.9 Å². The number of aliphatic hydroxyl groups excluding tert-OH is 1. The van der Waals surface area contributed by atoms with Gasteiger partial charge in [-0.3, -0.25) is 0 Å². The van der Waals surface area contributed by atoms with Gasteiger partial charge in [-0.25, -0.2) is 13.1 Å². The lowest BCUT2D eigenvalue weighted by Gasteiger charge is -2.17. The van der Waals surface area contributed by atoms with E-state index < -0.39 is 15.3 Å². The molecule has 4 nitrogen and oxygen atoms in total. The molecule has 0 fully saturated rings. The van der Waals surface area contributed by atoms with E-state index in [1.165, 1.54) is 6.92 Å². The van der Waals surface area contributed by atoms with Crippen LogP contribution in [0.1, 0.15) is 46.5 Å². The number of hydrogen-bond donors (Lipinski definition) is 2. The summed E-state index contributed by atoms with van der Waals surface area (Å²) in [5.41, 5.74) is 0. The lowest BCUT2D eigenvalue weighted by Crippen LogP contribution is -2.37. The lowest BCUT2D eigenvalue weighted by molar-refractivity contribution is 0.294. The molecule has 5 heteroatoms. The topological polar surface area (TPSA) is 66.4 Å². The van der Waals surface area contributed by atoms with Gasteiger partial charge in [0, 0.05) is 6.54 Å². The van der Waals surface area contributed by atoms with Gasteiger partial charge >= 0.3 is 0 Å². The van der Waals surface area contributed by atoms with Crippen molar-refractivity contribution in [3.63, 3.8) is 0 Å². The van der Waals surface area contributed by atoms with Crippen LogP contribution < -0.4 is 4.72 Å². The van der Waals surface area contributed by atoms with E-state index >= 15 is 0 Å². The Hall–Kier alpha value is -0.130. The third-order valence-corrected chi connectivity index (χ3v) is 4.68. The fourth-order valence-electron chi connectivity index (χ4n) is 1.42. The van der Waals surface area contributed by atoms with E-state index in [4.69, 9.17) is 5.11 Å². The van der Waals surface area contributed by atoms with Crippen LogP contribution in [-0.4, -0.2) is 31.9 Å².